The lowest BCUT2D eigenvalue weighted by Crippen LogP contribution is -2.40. The molecule has 0 spiro atoms. The Bertz CT molecular complexity index is 490. The van der Waals surface area contributed by atoms with Crippen molar-refractivity contribution in [3.8, 4) is 5.75 Å². The first-order valence-corrected chi connectivity index (χ1v) is 7.43. The molecule has 1 aliphatic carbocycles. The lowest BCUT2D eigenvalue weighted by Gasteiger charge is -2.37. The molecule has 2 N–H and O–H groups in total. The van der Waals surface area contributed by atoms with Crippen molar-refractivity contribution >= 4 is 11.6 Å². The van der Waals surface area contributed by atoms with Crippen LogP contribution in [0.2, 0.25) is 5.02 Å². The molecule has 3 heteroatoms. The van der Waals surface area contributed by atoms with Crippen LogP contribution in [0.1, 0.15) is 54.4 Å². The highest BCUT2D eigenvalue weighted by Gasteiger charge is 2.35. The Kier molecular flexibility index (Phi) is 4.12. The summed E-state index contributed by atoms with van der Waals surface area (Å²) in [6, 6.07) is 0. The molecule has 0 heterocycles. The van der Waals surface area contributed by atoms with E-state index in [4.69, 9.17) is 22.1 Å². The Hall–Kier alpha value is -0.730. The van der Waals surface area contributed by atoms with Crippen LogP contribution in [0.5, 0.6) is 5.75 Å². The van der Waals surface area contributed by atoms with Crippen molar-refractivity contribution in [2.75, 3.05) is 7.11 Å². The standard InChI is InChI=1S/C16H24ClNO/c1-10-11(2)15(19-4)13(12(3)14(10)17)16(18)8-6-5-7-9-16/h5-9,18H2,1-4H3. The minimum atomic E-state index is -0.282. The Morgan fingerprint density at radius 3 is 2.11 bits per heavy atom. The lowest BCUT2D eigenvalue weighted by molar-refractivity contribution is 0.287. The quantitative estimate of drug-likeness (QED) is 0.872. The topological polar surface area (TPSA) is 35.2 Å². The maximum atomic E-state index is 6.71. The minimum Gasteiger partial charge on any atom is -0.496 e. The molecular formula is C16H24ClNO. The molecule has 0 radical (unpaired) electrons. The molecule has 1 saturated carbocycles. The normalized spacial score (nSPS) is 18.4. The van der Waals surface area contributed by atoms with Gasteiger partial charge in [-0.1, -0.05) is 30.9 Å². The van der Waals surface area contributed by atoms with Gasteiger partial charge in [-0.3, -0.25) is 0 Å². The van der Waals surface area contributed by atoms with E-state index in [-0.39, 0.29) is 5.54 Å². The van der Waals surface area contributed by atoms with Gasteiger partial charge in [0.2, 0.25) is 0 Å². The van der Waals surface area contributed by atoms with Gasteiger partial charge in [0.05, 0.1) is 7.11 Å². The van der Waals surface area contributed by atoms with E-state index >= 15 is 0 Å². The lowest BCUT2D eigenvalue weighted by atomic mass is 9.74. The van der Waals surface area contributed by atoms with Crippen molar-refractivity contribution in [1.82, 2.24) is 0 Å². The second-order valence-corrected chi connectivity index (χ2v) is 6.19. The van der Waals surface area contributed by atoms with E-state index in [2.05, 4.69) is 13.8 Å². The molecule has 1 fully saturated rings. The van der Waals surface area contributed by atoms with Gasteiger partial charge in [0.1, 0.15) is 5.75 Å². The number of nitrogens with two attached hydrogens (primary N) is 1. The molecular weight excluding hydrogens is 258 g/mol. The number of rotatable bonds is 2. The molecule has 0 amide bonds. The number of ether oxygens (including phenoxy) is 1. The number of hydrogen-bond acceptors (Lipinski definition) is 2. The van der Waals surface area contributed by atoms with Crippen LogP contribution < -0.4 is 10.5 Å². The molecule has 1 aliphatic rings. The molecule has 0 aromatic heterocycles. The average Bonchev–Trinajstić information content (AvgIpc) is 2.40. The molecule has 0 atom stereocenters. The highest BCUT2D eigenvalue weighted by atomic mass is 35.5. The van der Waals surface area contributed by atoms with Crippen molar-refractivity contribution in [3.05, 3.63) is 27.3 Å². The predicted molar refractivity (Wildman–Crippen MR) is 81.2 cm³/mol. The van der Waals surface area contributed by atoms with Gasteiger partial charge in [0.15, 0.2) is 0 Å². The van der Waals surface area contributed by atoms with E-state index in [9.17, 15) is 0 Å². The molecule has 1 aromatic rings. The average molecular weight is 282 g/mol. The Morgan fingerprint density at radius 2 is 1.58 bits per heavy atom. The fraction of sp³-hybridized carbons (Fsp3) is 0.625. The highest BCUT2D eigenvalue weighted by molar-refractivity contribution is 6.32. The molecule has 0 bridgehead atoms. The third-order valence-corrected chi connectivity index (χ3v) is 5.18. The van der Waals surface area contributed by atoms with Gasteiger partial charge in [-0.2, -0.15) is 0 Å². The SMILES string of the molecule is COc1c(C)c(C)c(Cl)c(C)c1C1(N)CCCCC1. The zero-order chi connectivity index (χ0) is 14.2. The molecule has 0 unspecified atom stereocenters. The van der Waals surface area contributed by atoms with Gasteiger partial charge in [0, 0.05) is 16.1 Å². The zero-order valence-corrected chi connectivity index (χ0v) is 13.2. The van der Waals surface area contributed by atoms with Crippen LogP contribution in [0.4, 0.5) is 0 Å². The maximum absolute atomic E-state index is 6.71. The van der Waals surface area contributed by atoms with Gasteiger partial charge < -0.3 is 10.5 Å². The number of benzene rings is 1. The molecule has 0 saturated heterocycles. The summed E-state index contributed by atoms with van der Waals surface area (Å²) in [5, 5.41) is 0.837. The number of methoxy groups -OCH3 is 1. The number of hydrogen-bond donors (Lipinski definition) is 1. The molecule has 0 aliphatic heterocycles. The second kappa shape index (κ2) is 5.34. The van der Waals surface area contributed by atoms with Crippen molar-refractivity contribution in [2.45, 2.75) is 58.4 Å². The van der Waals surface area contributed by atoms with E-state index < -0.39 is 0 Å². The molecule has 1 aromatic carbocycles. The van der Waals surface area contributed by atoms with Crippen LogP contribution in [0.15, 0.2) is 0 Å². The molecule has 2 nitrogen and oxygen atoms in total. The van der Waals surface area contributed by atoms with E-state index in [1.165, 1.54) is 19.3 Å². The first kappa shape index (κ1) is 14.7. The van der Waals surface area contributed by atoms with E-state index in [0.29, 0.717) is 0 Å². The van der Waals surface area contributed by atoms with E-state index in [1.54, 1.807) is 7.11 Å². The van der Waals surface area contributed by atoms with Crippen molar-refractivity contribution in [2.24, 2.45) is 5.73 Å². The van der Waals surface area contributed by atoms with Crippen molar-refractivity contribution in [3.63, 3.8) is 0 Å². The van der Waals surface area contributed by atoms with Crippen molar-refractivity contribution < 1.29 is 4.74 Å². The fourth-order valence-electron chi connectivity index (χ4n) is 3.37. The summed E-state index contributed by atoms with van der Waals surface area (Å²) in [6.45, 7) is 6.17. The van der Waals surface area contributed by atoms with E-state index in [1.807, 2.05) is 6.92 Å². The Morgan fingerprint density at radius 1 is 1.00 bits per heavy atom. The van der Waals surface area contributed by atoms with Crippen LogP contribution in [0, 0.1) is 20.8 Å². The highest BCUT2D eigenvalue weighted by Crippen LogP contribution is 2.45. The summed E-state index contributed by atoms with van der Waals surface area (Å²) in [4.78, 5) is 0. The fourth-order valence-corrected chi connectivity index (χ4v) is 3.61. The summed E-state index contributed by atoms with van der Waals surface area (Å²) >= 11 is 6.49. The van der Waals surface area contributed by atoms with E-state index in [0.717, 1.165) is 45.9 Å². The van der Waals surface area contributed by atoms with Crippen LogP contribution in [0.25, 0.3) is 0 Å². The second-order valence-electron chi connectivity index (χ2n) is 5.81. The summed E-state index contributed by atoms with van der Waals surface area (Å²) in [6.07, 6.45) is 5.68. The number of halogens is 1. The summed E-state index contributed by atoms with van der Waals surface area (Å²) < 4.78 is 5.67. The minimum absolute atomic E-state index is 0.282. The Labute approximate surface area is 121 Å². The van der Waals surface area contributed by atoms with Crippen LogP contribution in [0.3, 0.4) is 0 Å². The molecule has 19 heavy (non-hydrogen) atoms. The Balaban J connectivity index is 2.67. The van der Waals surface area contributed by atoms with Crippen molar-refractivity contribution in [1.29, 1.82) is 0 Å². The molecule has 2 rings (SSSR count). The van der Waals surface area contributed by atoms with Gasteiger partial charge in [-0.15, -0.1) is 0 Å². The molecule has 106 valence electrons. The monoisotopic (exact) mass is 281 g/mol. The summed E-state index contributed by atoms with van der Waals surface area (Å²) in [5.41, 5.74) is 10.9. The maximum Gasteiger partial charge on any atom is 0.127 e. The zero-order valence-electron chi connectivity index (χ0n) is 12.4. The van der Waals surface area contributed by atoms with Crippen LogP contribution >= 0.6 is 11.6 Å². The third-order valence-electron chi connectivity index (χ3n) is 4.61. The van der Waals surface area contributed by atoms with Gasteiger partial charge >= 0.3 is 0 Å². The van der Waals surface area contributed by atoms with Gasteiger partial charge in [-0.25, -0.2) is 0 Å². The van der Waals surface area contributed by atoms with Crippen LogP contribution in [-0.2, 0) is 5.54 Å². The third kappa shape index (κ3) is 2.36. The first-order chi connectivity index (χ1) is 8.92. The summed E-state index contributed by atoms with van der Waals surface area (Å²) in [5.74, 6) is 0.934. The van der Waals surface area contributed by atoms with Gasteiger partial charge in [0.25, 0.3) is 0 Å². The van der Waals surface area contributed by atoms with Crippen LogP contribution in [-0.4, -0.2) is 7.11 Å². The first-order valence-electron chi connectivity index (χ1n) is 7.05. The smallest absolute Gasteiger partial charge is 0.127 e. The van der Waals surface area contributed by atoms with Gasteiger partial charge in [-0.05, 0) is 50.3 Å². The summed E-state index contributed by atoms with van der Waals surface area (Å²) in [7, 11) is 1.73. The predicted octanol–water partition coefficient (Wildman–Crippen LogP) is 4.39. The largest absolute Gasteiger partial charge is 0.496 e.